The quantitative estimate of drug-likeness (QED) is 0.573. The predicted octanol–water partition coefficient (Wildman–Crippen LogP) is 1.69. The minimum Gasteiger partial charge on any atom is -0.352 e. The van der Waals surface area contributed by atoms with Crippen LogP contribution in [-0.2, 0) is 26.3 Å². The molecule has 1 heterocycles. The van der Waals surface area contributed by atoms with E-state index in [1.165, 1.54) is 0 Å². The molecule has 3 rings (SSSR count). The van der Waals surface area contributed by atoms with E-state index in [1.807, 2.05) is 30.5 Å². The van der Waals surface area contributed by atoms with Crippen LogP contribution in [0, 0.1) is 5.92 Å². The Kier molecular flexibility index (Phi) is 6.46. The molecule has 0 spiro atoms. The highest BCUT2D eigenvalue weighted by molar-refractivity contribution is 7.98. The van der Waals surface area contributed by atoms with Crippen LogP contribution in [-0.4, -0.2) is 33.0 Å². The van der Waals surface area contributed by atoms with Gasteiger partial charge in [0.2, 0.25) is 11.8 Å². The minimum absolute atomic E-state index is 0.0820. The number of amides is 2. The van der Waals surface area contributed by atoms with Crippen molar-refractivity contribution in [2.24, 2.45) is 11.1 Å². The maximum atomic E-state index is 12.5. The van der Waals surface area contributed by atoms with Crippen LogP contribution in [0.2, 0.25) is 0 Å². The Balaban J connectivity index is 1.59. The smallest absolute Gasteiger partial charge is 0.296 e. The molecule has 2 aromatic rings. The SMILES string of the molecule is CSc1ccc(N2CC(C(=O)NCc3cccc(NS(N)(=O)=O)c3)CC2=O)cc1. The third-order valence-corrected chi connectivity index (χ3v) is 5.80. The third-order valence-electron chi connectivity index (χ3n) is 4.53. The van der Waals surface area contributed by atoms with E-state index in [1.54, 1.807) is 40.9 Å². The second-order valence-corrected chi connectivity index (χ2v) is 8.84. The monoisotopic (exact) mass is 434 g/mol. The standard InChI is InChI=1S/C19H22N4O4S2/c1-28-17-7-5-16(6-8-17)23-12-14(10-18(23)24)19(25)21-11-13-3-2-4-15(9-13)22-29(20,26)27/h2-9,14,22H,10-12H2,1H3,(H,21,25)(H2,20,26,27). The summed E-state index contributed by atoms with van der Waals surface area (Å²) in [6.45, 7) is 0.544. The summed E-state index contributed by atoms with van der Waals surface area (Å²) in [6, 6.07) is 14.2. The summed E-state index contributed by atoms with van der Waals surface area (Å²) in [6.07, 6.45) is 2.14. The molecule has 0 aromatic heterocycles. The van der Waals surface area contributed by atoms with E-state index in [-0.39, 0.29) is 24.8 Å². The van der Waals surface area contributed by atoms with Gasteiger partial charge in [-0.15, -0.1) is 11.8 Å². The summed E-state index contributed by atoms with van der Waals surface area (Å²) in [4.78, 5) is 27.6. The van der Waals surface area contributed by atoms with Gasteiger partial charge in [0, 0.05) is 30.1 Å². The van der Waals surface area contributed by atoms with E-state index in [2.05, 4.69) is 10.0 Å². The van der Waals surface area contributed by atoms with E-state index in [9.17, 15) is 18.0 Å². The topological polar surface area (TPSA) is 122 Å². The Hall–Kier alpha value is -2.56. The summed E-state index contributed by atoms with van der Waals surface area (Å²) in [5.41, 5.74) is 1.81. The first-order valence-corrected chi connectivity index (χ1v) is 11.6. The average molecular weight is 435 g/mol. The molecule has 0 aliphatic carbocycles. The molecule has 0 radical (unpaired) electrons. The lowest BCUT2D eigenvalue weighted by Crippen LogP contribution is -2.32. The number of nitrogens with zero attached hydrogens (tertiary/aromatic N) is 1. The molecule has 2 amide bonds. The van der Waals surface area contributed by atoms with Gasteiger partial charge < -0.3 is 10.2 Å². The Morgan fingerprint density at radius 3 is 2.62 bits per heavy atom. The molecular formula is C19H22N4O4S2. The number of nitrogens with two attached hydrogens (primary N) is 1. The third kappa shape index (κ3) is 5.72. The molecule has 1 saturated heterocycles. The van der Waals surface area contributed by atoms with Crippen LogP contribution < -0.4 is 20.1 Å². The largest absolute Gasteiger partial charge is 0.352 e. The van der Waals surface area contributed by atoms with E-state index < -0.39 is 16.1 Å². The molecule has 0 saturated carbocycles. The number of benzene rings is 2. The van der Waals surface area contributed by atoms with Crippen LogP contribution in [0.5, 0.6) is 0 Å². The molecule has 8 nitrogen and oxygen atoms in total. The van der Waals surface area contributed by atoms with Crippen molar-refractivity contribution in [1.29, 1.82) is 0 Å². The number of nitrogens with one attached hydrogen (secondary N) is 2. The molecule has 1 aliphatic heterocycles. The van der Waals surface area contributed by atoms with Crippen LogP contribution in [0.15, 0.2) is 53.4 Å². The molecule has 1 atom stereocenters. The van der Waals surface area contributed by atoms with Crippen molar-refractivity contribution in [2.45, 2.75) is 17.9 Å². The number of carbonyl (C=O) groups is 2. The number of thioether (sulfide) groups is 1. The highest BCUT2D eigenvalue weighted by Crippen LogP contribution is 2.27. The second-order valence-electron chi connectivity index (χ2n) is 6.67. The molecule has 4 N–H and O–H groups in total. The van der Waals surface area contributed by atoms with Gasteiger partial charge in [0.15, 0.2) is 0 Å². The van der Waals surface area contributed by atoms with Crippen molar-refractivity contribution >= 4 is 45.2 Å². The molecule has 10 heteroatoms. The van der Waals surface area contributed by atoms with Gasteiger partial charge in [-0.1, -0.05) is 12.1 Å². The lowest BCUT2D eigenvalue weighted by Gasteiger charge is -2.17. The molecule has 29 heavy (non-hydrogen) atoms. The minimum atomic E-state index is -3.86. The Bertz CT molecular complexity index is 1010. The van der Waals surface area contributed by atoms with Gasteiger partial charge in [-0.3, -0.25) is 14.3 Å². The van der Waals surface area contributed by atoms with Gasteiger partial charge in [0.1, 0.15) is 0 Å². The Labute approximate surface area is 174 Å². The van der Waals surface area contributed by atoms with Gasteiger partial charge in [-0.2, -0.15) is 8.42 Å². The van der Waals surface area contributed by atoms with Gasteiger partial charge in [0.25, 0.3) is 10.2 Å². The highest BCUT2D eigenvalue weighted by atomic mass is 32.2. The van der Waals surface area contributed by atoms with E-state index >= 15 is 0 Å². The maximum Gasteiger partial charge on any atom is 0.296 e. The lowest BCUT2D eigenvalue weighted by atomic mass is 10.1. The summed E-state index contributed by atoms with van der Waals surface area (Å²) in [5.74, 6) is -0.735. The van der Waals surface area contributed by atoms with E-state index in [4.69, 9.17) is 5.14 Å². The zero-order valence-corrected chi connectivity index (χ0v) is 17.4. The molecule has 1 fully saturated rings. The van der Waals surface area contributed by atoms with Crippen LogP contribution in [0.1, 0.15) is 12.0 Å². The molecule has 1 unspecified atom stereocenters. The fourth-order valence-corrected chi connectivity index (χ4v) is 4.00. The zero-order valence-electron chi connectivity index (χ0n) is 15.8. The Morgan fingerprint density at radius 2 is 1.97 bits per heavy atom. The summed E-state index contributed by atoms with van der Waals surface area (Å²) >= 11 is 1.62. The van der Waals surface area contributed by atoms with Gasteiger partial charge in [-0.05, 0) is 48.2 Å². The van der Waals surface area contributed by atoms with E-state index in [0.717, 1.165) is 10.6 Å². The van der Waals surface area contributed by atoms with Crippen LogP contribution in [0.3, 0.4) is 0 Å². The van der Waals surface area contributed by atoms with Gasteiger partial charge in [-0.25, -0.2) is 5.14 Å². The van der Waals surface area contributed by atoms with Gasteiger partial charge >= 0.3 is 0 Å². The van der Waals surface area contributed by atoms with Crippen molar-refractivity contribution < 1.29 is 18.0 Å². The zero-order chi connectivity index (χ0) is 21.0. The molecule has 1 aliphatic rings. The van der Waals surface area contributed by atoms with Crippen molar-refractivity contribution in [3.8, 4) is 0 Å². The molecular weight excluding hydrogens is 412 g/mol. The lowest BCUT2D eigenvalue weighted by molar-refractivity contribution is -0.126. The van der Waals surface area contributed by atoms with Crippen molar-refractivity contribution in [3.05, 3.63) is 54.1 Å². The summed E-state index contributed by atoms with van der Waals surface area (Å²) in [7, 11) is -3.86. The average Bonchev–Trinajstić information content (AvgIpc) is 3.07. The fraction of sp³-hybridized carbons (Fsp3) is 0.263. The molecule has 2 aromatic carbocycles. The first-order valence-electron chi connectivity index (χ1n) is 8.87. The predicted molar refractivity (Wildman–Crippen MR) is 114 cm³/mol. The molecule has 0 bridgehead atoms. The van der Waals surface area contributed by atoms with Crippen molar-refractivity contribution in [3.63, 3.8) is 0 Å². The molecule has 154 valence electrons. The fourth-order valence-electron chi connectivity index (χ4n) is 3.14. The summed E-state index contributed by atoms with van der Waals surface area (Å²) < 4.78 is 24.4. The summed E-state index contributed by atoms with van der Waals surface area (Å²) in [5, 5.41) is 7.78. The van der Waals surface area contributed by atoms with Crippen molar-refractivity contribution in [2.75, 3.05) is 22.4 Å². The number of carbonyl (C=O) groups excluding carboxylic acids is 2. The normalized spacial score (nSPS) is 16.7. The van der Waals surface area contributed by atoms with Crippen LogP contribution in [0.25, 0.3) is 0 Å². The number of anilines is 2. The first-order chi connectivity index (χ1) is 13.7. The number of rotatable bonds is 7. The van der Waals surface area contributed by atoms with Crippen LogP contribution >= 0.6 is 11.8 Å². The number of hydrogen-bond donors (Lipinski definition) is 3. The second kappa shape index (κ2) is 8.85. The van der Waals surface area contributed by atoms with E-state index in [0.29, 0.717) is 17.8 Å². The highest BCUT2D eigenvalue weighted by Gasteiger charge is 2.34. The maximum absolute atomic E-state index is 12.5. The number of hydrogen-bond acceptors (Lipinski definition) is 5. The van der Waals surface area contributed by atoms with Crippen LogP contribution in [0.4, 0.5) is 11.4 Å². The van der Waals surface area contributed by atoms with Crippen molar-refractivity contribution in [1.82, 2.24) is 5.32 Å². The van der Waals surface area contributed by atoms with Gasteiger partial charge in [0.05, 0.1) is 11.6 Å². The Morgan fingerprint density at radius 1 is 1.24 bits per heavy atom. The first kappa shape index (κ1) is 21.2.